The maximum atomic E-state index is 11.2. The highest BCUT2D eigenvalue weighted by molar-refractivity contribution is 7.77. The lowest BCUT2D eigenvalue weighted by Gasteiger charge is -2.13. The number of alkyl halides is 1. The molecule has 0 saturated heterocycles. The van der Waals surface area contributed by atoms with Crippen LogP contribution in [0, 0.1) is 0 Å². The minimum Gasteiger partial charge on any atom is -0.330 e. The smallest absolute Gasteiger partial charge is 0.232 e. The Labute approximate surface area is 90.8 Å². The van der Waals surface area contributed by atoms with Crippen LogP contribution >= 0.6 is 11.6 Å². The van der Waals surface area contributed by atoms with Crippen LogP contribution in [-0.2, 0) is 16.1 Å². The first-order chi connectivity index (χ1) is 6.61. The van der Waals surface area contributed by atoms with Crippen LogP contribution in [-0.4, -0.2) is 33.0 Å². The molecule has 84 valence electrons. The van der Waals surface area contributed by atoms with Gasteiger partial charge in [-0.25, -0.2) is 8.93 Å². The average Bonchev–Trinajstić information content (AvgIpc) is 2.15. The van der Waals surface area contributed by atoms with Crippen molar-refractivity contribution in [2.75, 3.05) is 12.4 Å². The molecule has 7 heteroatoms. The van der Waals surface area contributed by atoms with Crippen LogP contribution in [0.4, 0.5) is 0 Å². The van der Waals surface area contributed by atoms with Crippen LogP contribution in [0.1, 0.15) is 19.3 Å². The molecule has 0 spiro atoms. The molecule has 0 aromatic carbocycles. The van der Waals surface area contributed by atoms with E-state index in [9.17, 15) is 9.00 Å². The summed E-state index contributed by atoms with van der Waals surface area (Å²) in [5.41, 5.74) is 5.28. The van der Waals surface area contributed by atoms with Gasteiger partial charge in [0.05, 0.1) is 11.9 Å². The molecule has 4 N–H and O–H groups in total. The van der Waals surface area contributed by atoms with Gasteiger partial charge in [0.1, 0.15) is 0 Å². The first-order valence-corrected chi connectivity index (χ1v) is 5.91. The topological polar surface area (TPSA) is 92.4 Å². The Morgan fingerprint density at radius 3 is 2.64 bits per heavy atom. The summed E-state index contributed by atoms with van der Waals surface area (Å²) in [5.74, 6) is -0.427. The lowest BCUT2D eigenvalue weighted by atomic mass is 10.1. The molecule has 0 bridgehead atoms. The predicted octanol–water partition coefficient (Wildman–Crippen LogP) is 0.0182. The van der Waals surface area contributed by atoms with E-state index in [1.165, 1.54) is 0 Å². The van der Waals surface area contributed by atoms with E-state index >= 15 is 0 Å². The Bertz CT molecular complexity index is 203. The number of nitrogens with two attached hydrogens (primary N) is 1. The zero-order valence-electron chi connectivity index (χ0n) is 7.74. The fourth-order valence-electron chi connectivity index (χ4n) is 0.993. The first-order valence-electron chi connectivity index (χ1n) is 4.27. The SMILES string of the molecule is NCCCCC(NS(=O)O)C(=O)CCl. The van der Waals surface area contributed by atoms with E-state index in [0.717, 1.165) is 12.8 Å². The van der Waals surface area contributed by atoms with Gasteiger partial charge in [0, 0.05) is 0 Å². The highest BCUT2D eigenvalue weighted by Crippen LogP contribution is 2.03. The Morgan fingerprint density at radius 2 is 2.21 bits per heavy atom. The van der Waals surface area contributed by atoms with Crippen molar-refractivity contribution >= 4 is 28.7 Å². The van der Waals surface area contributed by atoms with Crippen molar-refractivity contribution in [3.8, 4) is 0 Å². The molecular formula is C7H15ClN2O3S. The van der Waals surface area contributed by atoms with Gasteiger partial charge in [-0.05, 0) is 19.4 Å². The number of halogens is 1. The number of carbonyl (C=O) groups is 1. The summed E-state index contributed by atoms with van der Waals surface area (Å²) in [6.07, 6.45) is 1.99. The zero-order chi connectivity index (χ0) is 11.0. The zero-order valence-corrected chi connectivity index (χ0v) is 9.31. The summed E-state index contributed by atoms with van der Waals surface area (Å²) in [5, 5.41) is 0. The fourth-order valence-corrected chi connectivity index (χ4v) is 1.67. The maximum Gasteiger partial charge on any atom is 0.232 e. The van der Waals surface area contributed by atoms with E-state index in [1.54, 1.807) is 0 Å². The molecule has 0 aromatic rings. The number of nitrogens with one attached hydrogen (secondary N) is 1. The molecule has 0 aromatic heterocycles. The summed E-state index contributed by atoms with van der Waals surface area (Å²) in [4.78, 5) is 11.2. The Kier molecular flexibility index (Phi) is 8.30. The largest absolute Gasteiger partial charge is 0.330 e. The van der Waals surface area contributed by atoms with Crippen LogP contribution < -0.4 is 10.5 Å². The molecule has 0 rings (SSSR count). The van der Waals surface area contributed by atoms with Crippen molar-refractivity contribution in [1.29, 1.82) is 0 Å². The molecule has 0 radical (unpaired) electrons. The monoisotopic (exact) mass is 242 g/mol. The normalized spacial score (nSPS) is 15.1. The number of hydrogen-bond donors (Lipinski definition) is 3. The summed E-state index contributed by atoms with van der Waals surface area (Å²) in [6.45, 7) is 0.546. The number of carbonyl (C=O) groups excluding carboxylic acids is 1. The standard InChI is InChI=1S/C7H15ClN2O3S/c8-5-7(11)6(10-14(12)13)3-1-2-4-9/h6,10H,1-5,9H2,(H,12,13). The van der Waals surface area contributed by atoms with Crippen LogP contribution in [0.15, 0.2) is 0 Å². The van der Waals surface area contributed by atoms with Crippen LogP contribution in [0.3, 0.4) is 0 Å². The molecule has 14 heavy (non-hydrogen) atoms. The number of hydrogen-bond acceptors (Lipinski definition) is 3. The van der Waals surface area contributed by atoms with Crippen molar-refractivity contribution in [2.24, 2.45) is 5.73 Å². The van der Waals surface area contributed by atoms with Gasteiger partial charge in [0.25, 0.3) is 0 Å². The maximum absolute atomic E-state index is 11.2. The third-order valence-electron chi connectivity index (χ3n) is 1.71. The summed E-state index contributed by atoms with van der Waals surface area (Å²) >= 11 is 3.16. The minimum absolute atomic E-state index is 0.155. The Hall–Kier alpha value is -0.0100. The molecule has 0 amide bonds. The predicted molar refractivity (Wildman–Crippen MR) is 56.3 cm³/mol. The number of Topliss-reactive ketones (excluding diaryl/α,β-unsaturated/α-hetero) is 1. The molecule has 0 fully saturated rings. The van der Waals surface area contributed by atoms with Crippen molar-refractivity contribution in [1.82, 2.24) is 4.72 Å². The van der Waals surface area contributed by atoms with Gasteiger partial charge in [-0.1, -0.05) is 6.42 Å². The first kappa shape index (κ1) is 14.0. The third kappa shape index (κ3) is 6.44. The highest BCUT2D eigenvalue weighted by atomic mass is 35.5. The second kappa shape index (κ2) is 8.31. The summed E-state index contributed by atoms with van der Waals surface area (Å²) in [7, 11) is 0. The highest BCUT2D eigenvalue weighted by Gasteiger charge is 2.18. The average molecular weight is 243 g/mol. The molecule has 0 aliphatic rings. The van der Waals surface area contributed by atoms with Crippen molar-refractivity contribution in [2.45, 2.75) is 25.3 Å². The van der Waals surface area contributed by atoms with E-state index in [-0.39, 0.29) is 11.7 Å². The van der Waals surface area contributed by atoms with Crippen LogP contribution in [0.2, 0.25) is 0 Å². The van der Waals surface area contributed by atoms with Gasteiger partial charge < -0.3 is 5.73 Å². The van der Waals surface area contributed by atoms with Gasteiger partial charge in [-0.15, -0.1) is 11.6 Å². The number of rotatable bonds is 8. The van der Waals surface area contributed by atoms with E-state index in [1.807, 2.05) is 0 Å². The third-order valence-corrected chi connectivity index (χ3v) is 2.46. The van der Waals surface area contributed by atoms with Crippen molar-refractivity contribution in [3.63, 3.8) is 0 Å². The summed E-state index contributed by atoms with van der Waals surface area (Å²) in [6, 6.07) is -0.648. The van der Waals surface area contributed by atoms with Gasteiger partial charge in [0.15, 0.2) is 5.78 Å². The molecule has 0 saturated carbocycles. The van der Waals surface area contributed by atoms with Crippen LogP contribution in [0.5, 0.6) is 0 Å². The van der Waals surface area contributed by atoms with E-state index in [2.05, 4.69) is 4.72 Å². The van der Waals surface area contributed by atoms with Gasteiger partial charge in [0.2, 0.25) is 11.3 Å². The fraction of sp³-hybridized carbons (Fsp3) is 0.857. The molecule has 2 unspecified atom stereocenters. The van der Waals surface area contributed by atoms with Gasteiger partial charge in [-0.3, -0.25) is 9.35 Å². The second-order valence-corrected chi connectivity index (χ2v) is 3.81. The number of unbranched alkanes of at least 4 members (excludes halogenated alkanes) is 1. The summed E-state index contributed by atoms with van der Waals surface area (Å²) < 4.78 is 21.3. The molecule has 0 aliphatic heterocycles. The van der Waals surface area contributed by atoms with E-state index in [0.29, 0.717) is 13.0 Å². The van der Waals surface area contributed by atoms with Crippen molar-refractivity contribution < 1.29 is 13.6 Å². The number of ketones is 1. The Morgan fingerprint density at radius 1 is 1.57 bits per heavy atom. The Balaban J connectivity index is 3.97. The van der Waals surface area contributed by atoms with Crippen LogP contribution in [0.25, 0.3) is 0 Å². The van der Waals surface area contributed by atoms with E-state index < -0.39 is 17.3 Å². The molecule has 0 heterocycles. The quantitative estimate of drug-likeness (QED) is 0.318. The molecular weight excluding hydrogens is 228 g/mol. The molecule has 5 nitrogen and oxygen atoms in total. The lowest BCUT2D eigenvalue weighted by molar-refractivity contribution is -0.118. The van der Waals surface area contributed by atoms with E-state index in [4.69, 9.17) is 21.9 Å². The van der Waals surface area contributed by atoms with Crippen molar-refractivity contribution in [3.05, 3.63) is 0 Å². The molecule has 0 aliphatic carbocycles. The molecule has 2 atom stereocenters. The lowest BCUT2D eigenvalue weighted by Crippen LogP contribution is -2.38. The van der Waals surface area contributed by atoms with Gasteiger partial charge >= 0.3 is 0 Å². The second-order valence-electron chi connectivity index (χ2n) is 2.80. The minimum atomic E-state index is -2.18. The van der Waals surface area contributed by atoms with Gasteiger partial charge in [-0.2, -0.15) is 0 Å².